The maximum absolute atomic E-state index is 13.8. The second kappa shape index (κ2) is 13.4. The molecule has 0 saturated carbocycles. The van der Waals surface area contributed by atoms with Gasteiger partial charge in [-0.15, -0.1) is 0 Å². The molecule has 2 heterocycles. The van der Waals surface area contributed by atoms with Crippen LogP contribution >= 0.6 is 0 Å². The predicted octanol–water partition coefficient (Wildman–Crippen LogP) is 4.89. The first-order valence-corrected chi connectivity index (χ1v) is 14.2. The zero-order chi connectivity index (χ0) is 31.0. The minimum atomic E-state index is -4.10. The minimum Gasteiger partial charge on any atom is -0.445 e. The molecule has 0 fully saturated rings. The zero-order valence-corrected chi connectivity index (χ0v) is 25.5. The van der Waals surface area contributed by atoms with Gasteiger partial charge in [0, 0.05) is 54.3 Å². The standard InChI is InChI=1S/C23H25N3O5S.C6H13NO2/c1-23(2,3)21-17(15-31-22(28)24-4)12-20(19-10-6-5-8-16(19)14-27)26(21)32(29,30)18-9-7-11-25-13-18;1-6(2,3)9-5(8)7-4/h5-14H,15H2,1-4H3,(H,24,28);1-4H3,(H,7,8). The average Bonchev–Trinajstić information content (AvgIpc) is 3.32. The van der Waals surface area contributed by atoms with Gasteiger partial charge in [0.25, 0.3) is 10.0 Å². The molecule has 0 saturated heterocycles. The van der Waals surface area contributed by atoms with Crippen LogP contribution in [0.25, 0.3) is 11.3 Å². The third kappa shape index (κ3) is 8.65. The van der Waals surface area contributed by atoms with Gasteiger partial charge in [0.1, 0.15) is 17.1 Å². The Hall–Kier alpha value is -4.19. The Morgan fingerprint density at radius 3 is 2.10 bits per heavy atom. The lowest BCUT2D eigenvalue weighted by molar-refractivity contribution is 0.0541. The molecular formula is C29H38N4O7S. The van der Waals surface area contributed by atoms with Crippen molar-refractivity contribution in [3.8, 4) is 11.3 Å². The summed E-state index contributed by atoms with van der Waals surface area (Å²) in [6.45, 7) is 10.9. The van der Waals surface area contributed by atoms with E-state index in [0.29, 0.717) is 34.4 Å². The monoisotopic (exact) mass is 586 g/mol. The molecule has 0 aliphatic carbocycles. The summed E-state index contributed by atoms with van der Waals surface area (Å²) in [6, 6.07) is 11.4. The van der Waals surface area contributed by atoms with Gasteiger partial charge in [0.2, 0.25) is 0 Å². The van der Waals surface area contributed by atoms with E-state index in [9.17, 15) is 22.8 Å². The molecule has 0 unspecified atom stereocenters. The number of hydrogen-bond acceptors (Lipinski definition) is 8. The molecule has 0 radical (unpaired) electrons. The van der Waals surface area contributed by atoms with Crippen LogP contribution in [-0.2, 0) is 31.5 Å². The predicted molar refractivity (Wildman–Crippen MR) is 155 cm³/mol. The number of ether oxygens (including phenoxy) is 2. The van der Waals surface area contributed by atoms with Crippen molar-refractivity contribution >= 4 is 28.5 Å². The van der Waals surface area contributed by atoms with Gasteiger partial charge in [-0.3, -0.25) is 9.78 Å². The molecule has 41 heavy (non-hydrogen) atoms. The highest BCUT2D eigenvalue weighted by Gasteiger charge is 2.33. The number of carbonyl (C=O) groups excluding carboxylic acids is 3. The normalized spacial score (nSPS) is 11.5. The number of alkyl carbamates (subject to hydrolysis) is 2. The van der Waals surface area contributed by atoms with E-state index in [1.807, 2.05) is 41.5 Å². The van der Waals surface area contributed by atoms with Gasteiger partial charge in [-0.05, 0) is 39.0 Å². The van der Waals surface area contributed by atoms with E-state index in [1.165, 1.54) is 36.5 Å². The number of carbonyl (C=O) groups is 3. The molecule has 2 amide bonds. The summed E-state index contributed by atoms with van der Waals surface area (Å²) in [7, 11) is -1.12. The van der Waals surface area contributed by atoms with Gasteiger partial charge < -0.3 is 20.1 Å². The fourth-order valence-electron chi connectivity index (χ4n) is 3.86. The van der Waals surface area contributed by atoms with Crippen molar-refractivity contribution in [2.24, 2.45) is 0 Å². The van der Waals surface area contributed by atoms with Gasteiger partial charge in [0.05, 0.1) is 5.69 Å². The van der Waals surface area contributed by atoms with Crippen molar-refractivity contribution in [3.63, 3.8) is 0 Å². The SMILES string of the molecule is CNC(=O)OC(C)(C)C.CNC(=O)OCc1cc(-c2ccccc2C=O)n(S(=O)(=O)c2cccnc2)c1C(C)(C)C. The third-order valence-electron chi connectivity index (χ3n) is 5.45. The van der Waals surface area contributed by atoms with E-state index in [-0.39, 0.29) is 23.2 Å². The van der Waals surface area contributed by atoms with E-state index in [0.717, 1.165) is 0 Å². The number of pyridine rings is 1. The van der Waals surface area contributed by atoms with Gasteiger partial charge >= 0.3 is 12.2 Å². The summed E-state index contributed by atoms with van der Waals surface area (Å²) in [4.78, 5) is 37.9. The van der Waals surface area contributed by atoms with Crippen molar-refractivity contribution in [1.29, 1.82) is 0 Å². The van der Waals surface area contributed by atoms with E-state index >= 15 is 0 Å². The Balaban J connectivity index is 0.000000564. The first-order valence-electron chi connectivity index (χ1n) is 12.8. The van der Waals surface area contributed by atoms with Crippen LogP contribution in [0.4, 0.5) is 9.59 Å². The Morgan fingerprint density at radius 1 is 0.976 bits per heavy atom. The van der Waals surface area contributed by atoms with Crippen LogP contribution in [0.5, 0.6) is 0 Å². The molecule has 0 aliphatic heterocycles. The average molecular weight is 587 g/mol. The first-order chi connectivity index (χ1) is 19.1. The van der Waals surface area contributed by atoms with Gasteiger partial charge in [0.15, 0.2) is 6.29 Å². The van der Waals surface area contributed by atoms with Crippen molar-refractivity contribution in [2.75, 3.05) is 14.1 Å². The Morgan fingerprint density at radius 2 is 1.61 bits per heavy atom. The van der Waals surface area contributed by atoms with Crippen LogP contribution in [0.2, 0.25) is 0 Å². The lowest BCUT2D eigenvalue weighted by Gasteiger charge is -2.25. The number of nitrogens with one attached hydrogen (secondary N) is 2. The molecule has 222 valence electrons. The number of aldehydes is 1. The summed E-state index contributed by atoms with van der Waals surface area (Å²) in [5.74, 6) is 0. The number of aromatic nitrogens is 2. The number of hydrogen-bond donors (Lipinski definition) is 2. The molecule has 12 heteroatoms. The molecule has 2 aromatic heterocycles. The highest BCUT2D eigenvalue weighted by atomic mass is 32.2. The molecular weight excluding hydrogens is 548 g/mol. The van der Waals surface area contributed by atoms with E-state index < -0.39 is 21.5 Å². The van der Waals surface area contributed by atoms with E-state index in [2.05, 4.69) is 15.6 Å². The number of amides is 2. The Bertz CT molecular complexity index is 1470. The number of nitrogens with zero attached hydrogens (tertiary/aromatic N) is 2. The summed E-state index contributed by atoms with van der Waals surface area (Å²) < 4.78 is 39.0. The van der Waals surface area contributed by atoms with Crippen molar-refractivity contribution in [1.82, 2.24) is 19.6 Å². The molecule has 3 aromatic rings. The first kappa shape index (κ1) is 33.0. The minimum absolute atomic E-state index is 0.00436. The summed E-state index contributed by atoms with van der Waals surface area (Å²) >= 11 is 0. The lowest BCUT2D eigenvalue weighted by Crippen LogP contribution is -2.30. The molecule has 11 nitrogen and oxygen atoms in total. The lowest BCUT2D eigenvalue weighted by atomic mass is 9.90. The topological polar surface area (TPSA) is 146 Å². The highest BCUT2D eigenvalue weighted by molar-refractivity contribution is 7.90. The molecule has 3 rings (SSSR count). The van der Waals surface area contributed by atoms with E-state index in [4.69, 9.17) is 9.47 Å². The maximum atomic E-state index is 13.8. The highest BCUT2D eigenvalue weighted by Crippen LogP contribution is 2.38. The Labute approximate surface area is 241 Å². The van der Waals surface area contributed by atoms with Crippen molar-refractivity contribution in [3.05, 3.63) is 71.7 Å². The molecule has 0 atom stereocenters. The fraction of sp³-hybridized carbons (Fsp3) is 0.379. The van der Waals surface area contributed by atoms with Crippen LogP contribution in [-0.4, -0.2) is 55.5 Å². The Kier molecular flexibility index (Phi) is 10.8. The maximum Gasteiger partial charge on any atom is 0.407 e. The molecule has 2 N–H and O–H groups in total. The second-order valence-corrected chi connectivity index (χ2v) is 12.7. The number of benzene rings is 1. The van der Waals surface area contributed by atoms with E-state index in [1.54, 1.807) is 36.4 Å². The summed E-state index contributed by atoms with van der Waals surface area (Å²) in [6.07, 6.45) is 2.42. The summed E-state index contributed by atoms with van der Waals surface area (Å²) in [5, 5.41) is 4.74. The van der Waals surface area contributed by atoms with Crippen LogP contribution in [0.1, 0.15) is 63.2 Å². The molecule has 0 aliphatic rings. The zero-order valence-electron chi connectivity index (χ0n) is 24.6. The van der Waals surface area contributed by atoms with Gasteiger partial charge in [-0.1, -0.05) is 45.0 Å². The van der Waals surface area contributed by atoms with Crippen LogP contribution in [0.15, 0.2) is 59.8 Å². The van der Waals surface area contributed by atoms with Crippen molar-refractivity contribution in [2.45, 2.75) is 64.1 Å². The van der Waals surface area contributed by atoms with Gasteiger partial charge in [-0.25, -0.2) is 22.0 Å². The van der Waals surface area contributed by atoms with Crippen LogP contribution < -0.4 is 10.6 Å². The smallest absolute Gasteiger partial charge is 0.407 e. The molecule has 0 bridgehead atoms. The fourth-order valence-corrected chi connectivity index (χ4v) is 5.56. The van der Waals surface area contributed by atoms with Crippen LogP contribution in [0.3, 0.4) is 0 Å². The molecule has 1 aromatic carbocycles. The molecule has 0 spiro atoms. The quantitative estimate of drug-likeness (QED) is 0.388. The van der Waals surface area contributed by atoms with Crippen molar-refractivity contribution < 1.29 is 32.3 Å². The van der Waals surface area contributed by atoms with Crippen LogP contribution in [0, 0.1) is 0 Å². The number of rotatable bonds is 6. The summed E-state index contributed by atoms with van der Waals surface area (Å²) in [5.41, 5.74) is 1.02. The van der Waals surface area contributed by atoms with Gasteiger partial charge in [-0.2, -0.15) is 0 Å². The second-order valence-electron chi connectivity index (χ2n) is 10.9. The third-order valence-corrected chi connectivity index (χ3v) is 7.15. The largest absolute Gasteiger partial charge is 0.445 e.